The maximum Gasteiger partial charge on any atom is 0.0446 e. The van der Waals surface area contributed by atoms with E-state index in [0.717, 1.165) is 6.42 Å². The molecule has 1 aromatic rings. The van der Waals surface area contributed by atoms with Gasteiger partial charge in [0.25, 0.3) is 0 Å². The fourth-order valence-corrected chi connectivity index (χ4v) is 3.21. The van der Waals surface area contributed by atoms with Crippen LogP contribution in [0.4, 0.5) is 0 Å². The van der Waals surface area contributed by atoms with E-state index in [-0.39, 0.29) is 0 Å². The SMILES string of the molecule is CC(C)Cc1ccc(C(CN)NC2CCCCC2)cc1. The molecule has 1 aromatic carbocycles. The van der Waals surface area contributed by atoms with Crippen molar-refractivity contribution in [3.05, 3.63) is 35.4 Å². The maximum absolute atomic E-state index is 5.98. The highest BCUT2D eigenvalue weighted by atomic mass is 15.0. The summed E-state index contributed by atoms with van der Waals surface area (Å²) in [5.74, 6) is 0.714. The molecule has 0 heterocycles. The molecule has 3 N–H and O–H groups in total. The van der Waals surface area contributed by atoms with Gasteiger partial charge in [-0.2, -0.15) is 0 Å². The number of hydrogen-bond acceptors (Lipinski definition) is 2. The van der Waals surface area contributed by atoms with Crippen LogP contribution in [-0.2, 0) is 6.42 Å². The van der Waals surface area contributed by atoms with Crippen LogP contribution in [0.2, 0.25) is 0 Å². The Balaban J connectivity index is 1.95. The smallest absolute Gasteiger partial charge is 0.0446 e. The summed E-state index contributed by atoms with van der Waals surface area (Å²) in [5, 5.41) is 3.76. The summed E-state index contributed by atoms with van der Waals surface area (Å²) in [5.41, 5.74) is 8.74. The molecule has 2 rings (SSSR count). The fourth-order valence-electron chi connectivity index (χ4n) is 3.21. The van der Waals surface area contributed by atoms with E-state index in [1.807, 2.05) is 0 Å². The van der Waals surface area contributed by atoms with Crippen LogP contribution in [-0.4, -0.2) is 12.6 Å². The number of benzene rings is 1. The molecule has 1 saturated carbocycles. The molecule has 0 aliphatic heterocycles. The summed E-state index contributed by atoms with van der Waals surface area (Å²) < 4.78 is 0. The van der Waals surface area contributed by atoms with Gasteiger partial charge in [0.15, 0.2) is 0 Å². The third kappa shape index (κ3) is 4.60. The molecule has 20 heavy (non-hydrogen) atoms. The Hall–Kier alpha value is -0.860. The van der Waals surface area contributed by atoms with Gasteiger partial charge < -0.3 is 11.1 Å². The molecule has 112 valence electrons. The van der Waals surface area contributed by atoms with Gasteiger partial charge in [0, 0.05) is 18.6 Å². The summed E-state index contributed by atoms with van der Waals surface area (Å²) in [4.78, 5) is 0. The van der Waals surface area contributed by atoms with Gasteiger partial charge in [-0.3, -0.25) is 0 Å². The van der Waals surface area contributed by atoms with Gasteiger partial charge in [-0.15, -0.1) is 0 Å². The minimum Gasteiger partial charge on any atom is -0.329 e. The third-order valence-corrected chi connectivity index (χ3v) is 4.30. The van der Waals surface area contributed by atoms with E-state index >= 15 is 0 Å². The summed E-state index contributed by atoms with van der Waals surface area (Å²) in [7, 11) is 0. The fraction of sp³-hybridized carbons (Fsp3) is 0.667. The predicted octanol–water partition coefficient (Wildman–Crippen LogP) is 3.81. The van der Waals surface area contributed by atoms with Crippen LogP contribution in [0.15, 0.2) is 24.3 Å². The van der Waals surface area contributed by atoms with Gasteiger partial charge in [-0.05, 0) is 36.3 Å². The van der Waals surface area contributed by atoms with Crippen molar-refractivity contribution in [2.45, 2.75) is 64.5 Å². The molecule has 0 aromatic heterocycles. The lowest BCUT2D eigenvalue weighted by molar-refractivity contribution is 0.340. The van der Waals surface area contributed by atoms with Crippen molar-refractivity contribution in [3.63, 3.8) is 0 Å². The van der Waals surface area contributed by atoms with Crippen LogP contribution >= 0.6 is 0 Å². The molecule has 1 aliphatic rings. The molecular weight excluding hydrogens is 244 g/mol. The zero-order chi connectivity index (χ0) is 14.4. The van der Waals surface area contributed by atoms with Gasteiger partial charge in [0.2, 0.25) is 0 Å². The van der Waals surface area contributed by atoms with Crippen molar-refractivity contribution in [3.8, 4) is 0 Å². The topological polar surface area (TPSA) is 38.0 Å². The molecule has 1 atom stereocenters. The number of rotatable bonds is 6. The lowest BCUT2D eigenvalue weighted by Crippen LogP contribution is -2.37. The zero-order valence-electron chi connectivity index (χ0n) is 13.1. The second-order valence-corrected chi connectivity index (χ2v) is 6.63. The van der Waals surface area contributed by atoms with Crippen LogP contribution in [0.1, 0.15) is 63.1 Å². The molecular formula is C18H30N2. The first kappa shape index (κ1) is 15.5. The second-order valence-electron chi connectivity index (χ2n) is 6.63. The van der Waals surface area contributed by atoms with E-state index in [2.05, 4.69) is 43.4 Å². The van der Waals surface area contributed by atoms with E-state index in [1.165, 1.54) is 43.2 Å². The van der Waals surface area contributed by atoms with Gasteiger partial charge in [0.1, 0.15) is 0 Å². The van der Waals surface area contributed by atoms with E-state index in [1.54, 1.807) is 0 Å². The minimum atomic E-state index is 0.311. The van der Waals surface area contributed by atoms with Gasteiger partial charge in [-0.25, -0.2) is 0 Å². The van der Waals surface area contributed by atoms with Crippen LogP contribution in [0, 0.1) is 5.92 Å². The van der Waals surface area contributed by atoms with Crippen LogP contribution in [0.25, 0.3) is 0 Å². The van der Waals surface area contributed by atoms with E-state index in [9.17, 15) is 0 Å². The Labute approximate surface area is 124 Å². The molecule has 2 heteroatoms. The van der Waals surface area contributed by atoms with Crippen LogP contribution < -0.4 is 11.1 Å². The average molecular weight is 274 g/mol. The first-order valence-corrected chi connectivity index (χ1v) is 8.24. The average Bonchev–Trinajstić information content (AvgIpc) is 2.46. The minimum absolute atomic E-state index is 0.311. The van der Waals surface area contributed by atoms with Crippen molar-refractivity contribution < 1.29 is 0 Å². The lowest BCUT2D eigenvalue weighted by Gasteiger charge is -2.28. The number of nitrogens with two attached hydrogens (primary N) is 1. The Kier molecular flexibility index (Phi) is 6.06. The Bertz CT molecular complexity index is 377. The Morgan fingerprint density at radius 1 is 1.10 bits per heavy atom. The second kappa shape index (κ2) is 7.80. The normalized spacial score (nSPS) is 18.4. The Morgan fingerprint density at radius 2 is 1.75 bits per heavy atom. The molecule has 0 amide bonds. The molecule has 2 nitrogen and oxygen atoms in total. The first-order valence-electron chi connectivity index (χ1n) is 8.24. The highest BCUT2D eigenvalue weighted by Gasteiger charge is 2.18. The molecule has 0 spiro atoms. The maximum atomic E-state index is 5.98. The molecule has 0 radical (unpaired) electrons. The molecule has 1 aliphatic carbocycles. The number of nitrogens with one attached hydrogen (secondary N) is 1. The summed E-state index contributed by atoms with van der Waals surface area (Å²) >= 11 is 0. The standard InChI is InChI=1S/C18H30N2/c1-14(2)12-15-8-10-16(11-9-15)18(13-19)20-17-6-4-3-5-7-17/h8-11,14,17-18,20H,3-7,12-13,19H2,1-2H3. The summed E-state index contributed by atoms with van der Waals surface area (Å²) in [6.07, 6.45) is 7.90. The highest BCUT2D eigenvalue weighted by molar-refractivity contribution is 5.25. The van der Waals surface area contributed by atoms with Gasteiger partial charge >= 0.3 is 0 Å². The zero-order valence-corrected chi connectivity index (χ0v) is 13.1. The Morgan fingerprint density at radius 3 is 2.30 bits per heavy atom. The molecule has 0 saturated heterocycles. The summed E-state index contributed by atoms with van der Waals surface area (Å²) in [6, 6.07) is 10.0. The van der Waals surface area contributed by atoms with Crippen molar-refractivity contribution >= 4 is 0 Å². The van der Waals surface area contributed by atoms with Crippen molar-refractivity contribution in [2.75, 3.05) is 6.54 Å². The van der Waals surface area contributed by atoms with Crippen molar-refractivity contribution in [1.82, 2.24) is 5.32 Å². The predicted molar refractivity (Wildman–Crippen MR) is 86.8 cm³/mol. The van der Waals surface area contributed by atoms with Crippen molar-refractivity contribution in [1.29, 1.82) is 0 Å². The monoisotopic (exact) mass is 274 g/mol. The lowest BCUT2D eigenvalue weighted by atomic mass is 9.93. The van der Waals surface area contributed by atoms with Gasteiger partial charge in [-0.1, -0.05) is 57.4 Å². The van der Waals surface area contributed by atoms with Crippen molar-refractivity contribution in [2.24, 2.45) is 11.7 Å². The number of hydrogen-bond donors (Lipinski definition) is 2. The quantitative estimate of drug-likeness (QED) is 0.828. The largest absolute Gasteiger partial charge is 0.329 e. The first-order chi connectivity index (χ1) is 9.69. The van der Waals surface area contributed by atoms with E-state index in [0.29, 0.717) is 24.5 Å². The summed E-state index contributed by atoms with van der Waals surface area (Å²) in [6.45, 7) is 5.21. The van der Waals surface area contributed by atoms with E-state index < -0.39 is 0 Å². The molecule has 0 bridgehead atoms. The van der Waals surface area contributed by atoms with Crippen LogP contribution in [0.5, 0.6) is 0 Å². The van der Waals surface area contributed by atoms with Crippen LogP contribution in [0.3, 0.4) is 0 Å². The third-order valence-electron chi connectivity index (χ3n) is 4.30. The molecule has 1 fully saturated rings. The van der Waals surface area contributed by atoms with E-state index in [4.69, 9.17) is 5.73 Å². The van der Waals surface area contributed by atoms with Gasteiger partial charge in [0.05, 0.1) is 0 Å². The highest BCUT2D eigenvalue weighted by Crippen LogP contribution is 2.22. The molecule has 1 unspecified atom stereocenters.